The summed E-state index contributed by atoms with van der Waals surface area (Å²) in [4.78, 5) is 25.8. The van der Waals surface area contributed by atoms with Crippen LogP contribution in [0.5, 0.6) is 5.75 Å². The molecule has 0 aliphatic carbocycles. The Hall–Kier alpha value is -2.86. The number of phenolic OH excluding ortho intramolecular Hbond substituents is 1. The van der Waals surface area contributed by atoms with Gasteiger partial charge in [0.1, 0.15) is 5.75 Å². The van der Waals surface area contributed by atoms with E-state index in [1.807, 2.05) is 24.3 Å². The van der Waals surface area contributed by atoms with Crippen molar-refractivity contribution in [2.75, 3.05) is 26.2 Å². The van der Waals surface area contributed by atoms with Crippen LogP contribution in [0.15, 0.2) is 48.5 Å². The number of amides is 2. The SMILES string of the molecule is NC(=O)C1CCCN(CCNC(=O)c2ccc(-c3ccccc3O)cc2)C1. The molecule has 0 bridgehead atoms. The number of likely N-dealkylation sites (tertiary alicyclic amines) is 1. The van der Waals surface area contributed by atoms with Crippen LogP contribution in [0.1, 0.15) is 23.2 Å². The molecule has 2 aromatic carbocycles. The van der Waals surface area contributed by atoms with Crippen LogP contribution >= 0.6 is 0 Å². The van der Waals surface area contributed by atoms with Crippen molar-refractivity contribution >= 4 is 11.8 Å². The first-order valence-corrected chi connectivity index (χ1v) is 9.23. The maximum atomic E-state index is 12.3. The van der Waals surface area contributed by atoms with Crippen LogP contribution in [0.3, 0.4) is 0 Å². The van der Waals surface area contributed by atoms with Gasteiger partial charge in [0.25, 0.3) is 5.91 Å². The van der Waals surface area contributed by atoms with Gasteiger partial charge in [-0.1, -0.05) is 30.3 Å². The van der Waals surface area contributed by atoms with E-state index in [0.29, 0.717) is 25.2 Å². The third kappa shape index (κ3) is 4.86. The number of rotatable bonds is 6. The highest BCUT2D eigenvalue weighted by Crippen LogP contribution is 2.28. The molecule has 1 fully saturated rings. The molecule has 142 valence electrons. The summed E-state index contributed by atoms with van der Waals surface area (Å²) in [6.45, 7) is 2.81. The Balaban J connectivity index is 1.51. The van der Waals surface area contributed by atoms with Crippen molar-refractivity contribution in [3.05, 3.63) is 54.1 Å². The van der Waals surface area contributed by atoms with Gasteiger partial charge in [0.15, 0.2) is 0 Å². The number of phenols is 1. The molecule has 1 heterocycles. The zero-order chi connectivity index (χ0) is 19.2. The number of para-hydroxylation sites is 1. The fourth-order valence-electron chi connectivity index (χ4n) is 3.44. The molecule has 0 saturated carbocycles. The number of nitrogens with two attached hydrogens (primary N) is 1. The van der Waals surface area contributed by atoms with Crippen molar-refractivity contribution in [3.63, 3.8) is 0 Å². The Bertz CT molecular complexity index is 805. The average molecular weight is 367 g/mol. The van der Waals surface area contributed by atoms with Crippen molar-refractivity contribution in [2.45, 2.75) is 12.8 Å². The minimum absolute atomic E-state index is 0.0867. The number of hydrogen-bond acceptors (Lipinski definition) is 4. The summed E-state index contributed by atoms with van der Waals surface area (Å²) in [5, 5.41) is 12.8. The summed E-state index contributed by atoms with van der Waals surface area (Å²) in [5.74, 6) is -0.252. The van der Waals surface area contributed by atoms with Crippen LogP contribution < -0.4 is 11.1 Å². The predicted molar refractivity (Wildman–Crippen MR) is 104 cm³/mol. The minimum Gasteiger partial charge on any atom is -0.507 e. The first-order valence-electron chi connectivity index (χ1n) is 9.23. The van der Waals surface area contributed by atoms with Crippen molar-refractivity contribution in [3.8, 4) is 16.9 Å². The number of primary amides is 1. The molecule has 0 radical (unpaired) electrons. The summed E-state index contributed by atoms with van der Waals surface area (Å²) in [5.41, 5.74) is 7.56. The molecular formula is C21H25N3O3. The molecule has 2 amide bonds. The van der Waals surface area contributed by atoms with E-state index in [2.05, 4.69) is 10.2 Å². The van der Waals surface area contributed by atoms with Gasteiger partial charge in [-0.2, -0.15) is 0 Å². The molecule has 6 heteroatoms. The monoisotopic (exact) mass is 367 g/mol. The Kier molecular flexibility index (Phi) is 6.08. The van der Waals surface area contributed by atoms with Gasteiger partial charge in [-0.15, -0.1) is 0 Å². The summed E-state index contributed by atoms with van der Waals surface area (Å²) in [7, 11) is 0. The highest BCUT2D eigenvalue weighted by molar-refractivity contribution is 5.94. The molecule has 0 aromatic heterocycles. The molecule has 4 N–H and O–H groups in total. The quantitative estimate of drug-likeness (QED) is 0.727. The molecule has 1 aliphatic rings. The van der Waals surface area contributed by atoms with E-state index in [1.165, 1.54) is 0 Å². The lowest BCUT2D eigenvalue weighted by Gasteiger charge is -2.31. The van der Waals surface area contributed by atoms with Crippen LogP contribution in [0.4, 0.5) is 0 Å². The fourth-order valence-corrected chi connectivity index (χ4v) is 3.44. The number of aromatic hydroxyl groups is 1. The summed E-state index contributed by atoms with van der Waals surface area (Å²) in [6, 6.07) is 14.3. The third-order valence-corrected chi connectivity index (χ3v) is 4.98. The molecule has 3 rings (SSSR count). The second-order valence-electron chi connectivity index (χ2n) is 6.89. The van der Waals surface area contributed by atoms with E-state index >= 15 is 0 Å². The normalized spacial score (nSPS) is 17.4. The lowest BCUT2D eigenvalue weighted by Crippen LogP contribution is -2.44. The van der Waals surface area contributed by atoms with E-state index < -0.39 is 0 Å². The molecule has 1 aliphatic heterocycles. The van der Waals surface area contributed by atoms with Gasteiger partial charge >= 0.3 is 0 Å². The number of carbonyl (C=O) groups is 2. The third-order valence-electron chi connectivity index (χ3n) is 4.98. The molecule has 0 spiro atoms. The van der Waals surface area contributed by atoms with E-state index in [4.69, 9.17) is 5.73 Å². The number of carbonyl (C=O) groups excluding carboxylic acids is 2. The van der Waals surface area contributed by atoms with Crippen LogP contribution in [-0.4, -0.2) is 48.0 Å². The number of hydrogen-bond donors (Lipinski definition) is 3. The molecule has 1 unspecified atom stereocenters. The largest absolute Gasteiger partial charge is 0.507 e. The van der Waals surface area contributed by atoms with Crippen LogP contribution in [0, 0.1) is 5.92 Å². The summed E-state index contributed by atoms with van der Waals surface area (Å²) < 4.78 is 0. The molecule has 6 nitrogen and oxygen atoms in total. The Morgan fingerprint density at radius 1 is 1.15 bits per heavy atom. The lowest BCUT2D eigenvalue weighted by molar-refractivity contribution is -0.123. The minimum atomic E-state index is -0.242. The van der Waals surface area contributed by atoms with Gasteiger partial charge < -0.3 is 21.1 Å². The first kappa shape index (κ1) is 18.9. The molecule has 1 saturated heterocycles. The van der Waals surface area contributed by atoms with Crippen molar-refractivity contribution < 1.29 is 14.7 Å². The maximum Gasteiger partial charge on any atom is 0.251 e. The highest BCUT2D eigenvalue weighted by atomic mass is 16.3. The second-order valence-corrected chi connectivity index (χ2v) is 6.89. The Labute approximate surface area is 159 Å². The van der Waals surface area contributed by atoms with Gasteiger partial charge in [0, 0.05) is 30.8 Å². The van der Waals surface area contributed by atoms with E-state index in [-0.39, 0.29) is 23.5 Å². The fraction of sp³-hybridized carbons (Fsp3) is 0.333. The second kappa shape index (κ2) is 8.68. The highest BCUT2D eigenvalue weighted by Gasteiger charge is 2.23. The van der Waals surface area contributed by atoms with Crippen molar-refractivity contribution in [2.24, 2.45) is 11.7 Å². The smallest absolute Gasteiger partial charge is 0.251 e. The lowest BCUT2D eigenvalue weighted by atomic mass is 9.97. The van der Waals surface area contributed by atoms with E-state index in [0.717, 1.165) is 30.5 Å². The van der Waals surface area contributed by atoms with Crippen molar-refractivity contribution in [1.29, 1.82) is 0 Å². The zero-order valence-corrected chi connectivity index (χ0v) is 15.2. The topological polar surface area (TPSA) is 95.7 Å². The van der Waals surface area contributed by atoms with E-state index in [9.17, 15) is 14.7 Å². The number of piperidine rings is 1. The predicted octanol–water partition coefficient (Wildman–Crippen LogP) is 1.99. The zero-order valence-electron chi connectivity index (χ0n) is 15.2. The molecule has 27 heavy (non-hydrogen) atoms. The summed E-state index contributed by atoms with van der Waals surface area (Å²) in [6.07, 6.45) is 1.80. The summed E-state index contributed by atoms with van der Waals surface area (Å²) >= 11 is 0. The standard InChI is InChI=1S/C21H25N3O3/c22-20(26)17-4-3-12-24(14-17)13-11-23-21(27)16-9-7-15(8-10-16)18-5-1-2-6-19(18)25/h1-2,5-10,17,25H,3-4,11-14H2,(H2,22,26)(H,23,27). The maximum absolute atomic E-state index is 12.3. The Morgan fingerprint density at radius 2 is 1.89 bits per heavy atom. The van der Waals surface area contributed by atoms with Gasteiger partial charge in [0.05, 0.1) is 5.92 Å². The van der Waals surface area contributed by atoms with Crippen LogP contribution in [0.25, 0.3) is 11.1 Å². The Morgan fingerprint density at radius 3 is 2.59 bits per heavy atom. The molecule has 1 atom stereocenters. The number of nitrogens with one attached hydrogen (secondary N) is 1. The van der Waals surface area contributed by atoms with Gasteiger partial charge in [-0.05, 0) is 43.1 Å². The van der Waals surface area contributed by atoms with E-state index in [1.54, 1.807) is 24.3 Å². The average Bonchev–Trinajstić information content (AvgIpc) is 2.68. The molecular weight excluding hydrogens is 342 g/mol. The van der Waals surface area contributed by atoms with Crippen LogP contribution in [-0.2, 0) is 4.79 Å². The van der Waals surface area contributed by atoms with Gasteiger partial charge in [0.2, 0.25) is 5.91 Å². The molecule has 2 aromatic rings. The number of nitrogens with zero attached hydrogens (tertiary/aromatic N) is 1. The van der Waals surface area contributed by atoms with Gasteiger partial charge in [-0.25, -0.2) is 0 Å². The number of benzene rings is 2. The first-order chi connectivity index (χ1) is 13.0. The van der Waals surface area contributed by atoms with Crippen LogP contribution in [0.2, 0.25) is 0 Å². The van der Waals surface area contributed by atoms with Crippen molar-refractivity contribution in [1.82, 2.24) is 10.2 Å². The van der Waals surface area contributed by atoms with Gasteiger partial charge in [-0.3, -0.25) is 9.59 Å².